The van der Waals surface area contributed by atoms with Crippen molar-refractivity contribution in [1.82, 2.24) is 25.1 Å². The maximum Gasteiger partial charge on any atom is 0.234 e. The highest BCUT2D eigenvalue weighted by Crippen LogP contribution is 2.30. The van der Waals surface area contributed by atoms with Gasteiger partial charge in [-0.05, 0) is 37.8 Å². The molecule has 4 N–H and O–H groups in total. The lowest BCUT2D eigenvalue weighted by Crippen LogP contribution is -2.17. The van der Waals surface area contributed by atoms with E-state index >= 15 is 0 Å². The molecule has 1 aliphatic carbocycles. The van der Waals surface area contributed by atoms with Gasteiger partial charge < -0.3 is 11.2 Å². The fourth-order valence-electron chi connectivity index (χ4n) is 3.07. The van der Waals surface area contributed by atoms with Crippen molar-refractivity contribution in [3.63, 3.8) is 0 Å². The zero-order chi connectivity index (χ0) is 18.1. The molecule has 1 aromatic carbocycles. The molecule has 0 bridgehead atoms. The van der Waals surface area contributed by atoms with Crippen LogP contribution in [0.1, 0.15) is 23.2 Å². The number of para-hydroxylation sites is 1. The Morgan fingerprint density at radius 3 is 3.04 bits per heavy atom. The number of aromatic amines is 1. The van der Waals surface area contributed by atoms with Crippen LogP contribution < -0.4 is 11.2 Å². The number of nitrogens with one attached hydrogen (secondary N) is 2. The van der Waals surface area contributed by atoms with Crippen LogP contribution >= 0.6 is 11.8 Å². The van der Waals surface area contributed by atoms with Crippen LogP contribution in [0.2, 0.25) is 0 Å². The molecular formula is C17H19N7OS. The number of anilines is 1. The fourth-order valence-corrected chi connectivity index (χ4v) is 3.73. The minimum atomic E-state index is -0.116. The Morgan fingerprint density at radius 2 is 2.19 bits per heavy atom. The van der Waals surface area contributed by atoms with E-state index in [0.29, 0.717) is 11.0 Å². The van der Waals surface area contributed by atoms with Gasteiger partial charge in [-0.15, -0.1) is 10.2 Å². The third-order valence-electron chi connectivity index (χ3n) is 4.43. The number of carbonyl (C=O) groups is 1. The van der Waals surface area contributed by atoms with Crippen molar-refractivity contribution in [2.75, 3.05) is 16.9 Å². The molecule has 3 aromatic rings. The smallest absolute Gasteiger partial charge is 0.234 e. The first-order valence-corrected chi connectivity index (χ1v) is 9.37. The van der Waals surface area contributed by atoms with Gasteiger partial charge in [-0.2, -0.15) is 5.10 Å². The summed E-state index contributed by atoms with van der Waals surface area (Å²) in [5, 5.41) is 19.0. The zero-order valence-corrected chi connectivity index (χ0v) is 15.1. The molecule has 0 aliphatic heterocycles. The molecule has 2 aromatic heterocycles. The number of nitrogen functional groups attached to an aromatic ring is 1. The van der Waals surface area contributed by atoms with Crippen LogP contribution in [-0.4, -0.2) is 36.7 Å². The zero-order valence-electron chi connectivity index (χ0n) is 14.3. The van der Waals surface area contributed by atoms with Gasteiger partial charge in [0, 0.05) is 16.9 Å². The first kappa shape index (κ1) is 16.6. The van der Waals surface area contributed by atoms with Crippen LogP contribution in [0.4, 0.5) is 5.69 Å². The number of thioether (sulfide) groups is 1. The normalized spacial score (nSPS) is 13.0. The summed E-state index contributed by atoms with van der Waals surface area (Å²) < 4.78 is 1.40. The van der Waals surface area contributed by atoms with Crippen molar-refractivity contribution in [3.8, 4) is 11.5 Å². The van der Waals surface area contributed by atoms with Crippen molar-refractivity contribution >= 4 is 23.4 Å². The highest BCUT2D eigenvalue weighted by atomic mass is 32.2. The van der Waals surface area contributed by atoms with Crippen molar-refractivity contribution in [1.29, 1.82) is 0 Å². The van der Waals surface area contributed by atoms with Crippen molar-refractivity contribution < 1.29 is 4.79 Å². The topological polar surface area (TPSA) is 115 Å². The van der Waals surface area contributed by atoms with E-state index in [1.54, 1.807) is 0 Å². The average Bonchev–Trinajstić information content (AvgIpc) is 3.32. The summed E-state index contributed by atoms with van der Waals surface area (Å²) in [6, 6.07) is 7.65. The van der Waals surface area contributed by atoms with E-state index in [1.165, 1.54) is 16.4 Å². The van der Waals surface area contributed by atoms with Crippen LogP contribution in [0.5, 0.6) is 0 Å². The van der Waals surface area contributed by atoms with E-state index in [1.807, 2.05) is 31.2 Å². The van der Waals surface area contributed by atoms with E-state index in [0.717, 1.165) is 47.5 Å². The lowest BCUT2D eigenvalue weighted by molar-refractivity contribution is -0.113. The largest absolute Gasteiger partial charge is 0.335 e. The van der Waals surface area contributed by atoms with Gasteiger partial charge in [-0.25, -0.2) is 4.68 Å². The van der Waals surface area contributed by atoms with Crippen LogP contribution in [0.25, 0.3) is 11.5 Å². The number of nitrogens with two attached hydrogens (primary N) is 1. The monoisotopic (exact) mass is 369 g/mol. The maximum atomic E-state index is 12.2. The fraction of sp³-hybridized carbons (Fsp3) is 0.294. The second-order valence-electron chi connectivity index (χ2n) is 6.21. The molecule has 0 fully saturated rings. The third kappa shape index (κ3) is 3.05. The summed E-state index contributed by atoms with van der Waals surface area (Å²) in [7, 11) is 0. The van der Waals surface area contributed by atoms with Gasteiger partial charge in [-0.1, -0.05) is 30.0 Å². The lowest BCUT2D eigenvalue weighted by Gasteiger charge is -2.07. The summed E-state index contributed by atoms with van der Waals surface area (Å²) in [5.74, 6) is 6.74. The number of amides is 1. The van der Waals surface area contributed by atoms with Crippen LogP contribution in [0.3, 0.4) is 0 Å². The van der Waals surface area contributed by atoms with Gasteiger partial charge in [0.15, 0.2) is 0 Å². The number of rotatable bonds is 5. The minimum absolute atomic E-state index is 0.116. The summed E-state index contributed by atoms with van der Waals surface area (Å²) >= 11 is 1.25. The molecule has 4 rings (SSSR count). The van der Waals surface area contributed by atoms with Gasteiger partial charge in [0.2, 0.25) is 16.9 Å². The Bertz CT molecular complexity index is 962. The molecule has 0 saturated heterocycles. The lowest BCUT2D eigenvalue weighted by atomic mass is 10.2. The number of hydrogen-bond donors (Lipinski definition) is 3. The van der Waals surface area contributed by atoms with Gasteiger partial charge in [-0.3, -0.25) is 9.89 Å². The second-order valence-corrected chi connectivity index (χ2v) is 7.15. The molecule has 1 aliphatic rings. The molecule has 8 nitrogen and oxygen atoms in total. The van der Waals surface area contributed by atoms with Crippen molar-refractivity contribution in [2.24, 2.45) is 0 Å². The highest BCUT2D eigenvalue weighted by Gasteiger charge is 2.24. The molecule has 0 saturated carbocycles. The van der Waals surface area contributed by atoms with Gasteiger partial charge in [0.25, 0.3) is 0 Å². The number of benzene rings is 1. The molecule has 1 amide bonds. The van der Waals surface area contributed by atoms with E-state index in [2.05, 4.69) is 25.7 Å². The van der Waals surface area contributed by atoms with E-state index < -0.39 is 0 Å². The minimum Gasteiger partial charge on any atom is -0.335 e. The molecule has 134 valence electrons. The Balaban J connectivity index is 1.44. The van der Waals surface area contributed by atoms with Crippen molar-refractivity contribution in [3.05, 3.63) is 41.1 Å². The van der Waals surface area contributed by atoms with Crippen LogP contribution in [-0.2, 0) is 17.6 Å². The molecule has 0 spiro atoms. The summed E-state index contributed by atoms with van der Waals surface area (Å²) in [5.41, 5.74) is 4.89. The molecule has 0 atom stereocenters. The Labute approximate surface area is 154 Å². The predicted molar refractivity (Wildman–Crippen MR) is 100 cm³/mol. The standard InChI is InChI=1S/C17H19N7OS/c1-10-5-2-3-7-12(10)19-14(25)9-26-17-23-22-16(24(17)18)15-11-6-4-8-13(11)20-21-15/h2-3,5,7H,4,6,8-9,18H2,1H3,(H,19,25)(H,20,21). The van der Waals surface area contributed by atoms with Crippen molar-refractivity contribution in [2.45, 2.75) is 31.3 Å². The molecule has 0 radical (unpaired) electrons. The van der Waals surface area contributed by atoms with Gasteiger partial charge in [0.05, 0.1) is 5.75 Å². The first-order valence-electron chi connectivity index (χ1n) is 8.38. The number of H-pyrrole nitrogens is 1. The van der Waals surface area contributed by atoms with Crippen LogP contribution in [0, 0.1) is 6.92 Å². The summed E-state index contributed by atoms with van der Waals surface area (Å²) in [6.07, 6.45) is 3.08. The molecule has 2 heterocycles. The predicted octanol–water partition coefficient (Wildman–Crippen LogP) is 1.91. The number of hydrogen-bond acceptors (Lipinski definition) is 6. The van der Waals surface area contributed by atoms with Gasteiger partial charge in [0.1, 0.15) is 5.69 Å². The third-order valence-corrected chi connectivity index (χ3v) is 5.38. The molecule has 9 heteroatoms. The maximum absolute atomic E-state index is 12.2. The Hall–Kier alpha value is -2.81. The number of fused-ring (bicyclic) bond motifs is 1. The first-order chi connectivity index (χ1) is 12.6. The Kier molecular flexibility index (Phi) is 4.37. The highest BCUT2D eigenvalue weighted by molar-refractivity contribution is 7.99. The van der Waals surface area contributed by atoms with Gasteiger partial charge >= 0.3 is 0 Å². The molecule has 0 unspecified atom stereocenters. The molecular weight excluding hydrogens is 350 g/mol. The van der Waals surface area contributed by atoms with E-state index in [-0.39, 0.29) is 11.7 Å². The van der Waals surface area contributed by atoms with Crippen LogP contribution in [0.15, 0.2) is 29.4 Å². The number of carbonyl (C=O) groups excluding carboxylic acids is 1. The number of aryl methyl sites for hydroxylation is 2. The van der Waals surface area contributed by atoms with E-state index in [4.69, 9.17) is 5.84 Å². The average molecular weight is 369 g/mol. The second kappa shape index (κ2) is 6.83. The SMILES string of the molecule is Cc1ccccc1NC(=O)CSc1nnc(-c2n[nH]c3c2CCC3)n1N. The van der Waals surface area contributed by atoms with E-state index in [9.17, 15) is 4.79 Å². The quantitative estimate of drug-likeness (QED) is 0.467. The molecule has 26 heavy (non-hydrogen) atoms. The number of nitrogens with zero attached hydrogens (tertiary/aromatic N) is 4. The summed E-state index contributed by atoms with van der Waals surface area (Å²) in [6.45, 7) is 1.95. The summed E-state index contributed by atoms with van der Waals surface area (Å²) in [4.78, 5) is 12.2. The Morgan fingerprint density at radius 1 is 1.35 bits per heavy atom. The number of aromatic nitrogens is 5.